The van der Waals surface area contributed by atoms with E-state index in [1.165, 1.54) is 23.9 Å². The van der Waals surface area contributed by atoms with Gasteiger partial charge in [-0.05, 0) is 36.1 Å². The van der Waals surface area contributed by atoms with Crippen LogP contribution in [0.15, 0.2) is 42.5 Å². The largest absolute Gasteiger partial charge is 0.354 e. The van der Waals surface area contributed by atoms with E-state index < -0.39 is 11.0 Å². The van der Waals surface area contributed by atoms with Gasteiger partial charge in [0.25, 0.3) is 5.69 Å². The van der Waals surface area contributed by atoms with Gasteiger partial charge < -0.3 is 10.2 Å². The van der Waals surface area contributed by atoms with Gasteiger partial charge in [0.2, 0.25) is 11.8 Å². The molecular formula is C24H29Cl2N3O4S. The zero-order chi connectivity index (χ0) is 25.1. The molecule has 0 aliphatic heterocycles. The van der Waals surface area contributed by atoms with E-state index in [-0.39, 0.29) is 29.8 Å². The topological polar surface area (TPSA) is 92.6 Å². The third kappa shape index (κ3) is 8.49. The number of rotatable bonds is 13. The van der Waals surface area contributed by atoms with E-state index in [1.807, 2.05) is 13.8 Å². The SMILES string of the molecule is CCCCNC(=O)C(CC)N(Cc1ccc(Cl)c(Cl)c1)C(=O)CSCc1ccc([N+](=O)[O-])cc1. The monoisotopic (exact) mass is 525 g/mol. The maximum atomic E-state index is 13.2. The number of amides is 2. The molecule has 7 nitrogen and oxygen atoms in total. The summed E-state index contributed by atoms with van der Waals surface area (Å²) in [5.74, 6) is 0.334. The summed E-state index contributed by atoms with van der Waals surface area (Å²) in [4.78, 5) is 38.1. The summed E-state index contributed by atoms with van der Waals surface area (Å²) >= 11 is 13.6. The highest BCUT2D eigenvalue weighted by atomic mass is 35.5. The van der Waals surface area contributed by atoms with E-state index in [1.54, 1.807) is 35.2 Å². The molecule has 0 aliphatic carbocycles. The average Bonchev–Trinajstić information content (AvgIpc) is 2.81. The molecule has 1 N–H and O–H groups in total. The van der Waals surface area contributed by atoms with E-state index >= 15 is 0 Å². The van der Waals surface area contributed by atoms with Gasteiger partial charge in [0.1, 0.15) is 6.04 Å². The molecule has 0 aromatic heterocycles. The standard InChI is InChI=1S/C24H29Cl2N3O4S/c1-3-5-12-27-24(31)22(4-2)28(14-18-8-11-20(25)21(26)13-18)23(30)16-34-15-17-6-9-19(10-7-17)29(32)33/h6-11,13,22H,3-5,12,14-16H2,1-2H3,(H,27,31). The predicted octanol–water partition coefficient (Wildman–Crippen LogP) is 5.86. The van der Waals surface area contributed by atoms with Crippen molar-refractivity contribution in [3.05, 3.63) is 73.8 Å². The van der Waals surface area contributed by atoms with Gasteiger partial charge in [-0.2, -0.15) is 0 Å². The number of benzene rings is 2. The molecule has 0 spiro atoms. The van der Waals surface area contributed by atoms with Crippen molar-refractivity contribution in [1.82, 2.24) is 10.2 Å². The Hall–Kier alpha value is -2.29. The van der Waals surface area contributed by atoms with Crippen molar-refractivity contribution in [2.45, 2.75) is 51.4 Å². The molecule has 0 heterocycles. The number of nitro benzene ring substituents is 1. The van der Waals surface area contributed by atoms with Gasteiger partial charge in [0.05, 0.1) is 20.7 Å². The molecule has 0 aliphatic rings. The number of unbranched alkanes of at least 4 members (excludes halogenated alkanes) is 1. The number of nitrogens with one attached hydrogen (secondary N) is 1. The lowest BCUT2D eigenvalue weighted by molar-refractivity contribution is -0.384. The van der Waals surface area contributed by atoms with E-state index in [2.05, 4.69) is 5.32 Å². The van der Waals surface area contributed by atoms with Gasteiger partial charge in [0.15, 0.2) is 0 Å². The van der Waals surface area contributed by atoms with Crippen LogP contribution in [0.3, 0.4) is 0 Å². The Morgan fingerprint density at radius 1 is 1.09 bits per heavy atom. The van der Waals surface area contributed by atoms with E-state index in [0.717, 1.165) is 24.0 Å². The molecular weight excluding hydrogens is 497 g/mol. The Morgan fingerprint density at radius 3 is 2.35 bits per heavy atom. The van der Waals surface area contributed by atoms with Crippen molar-refractivity contribution in [3.8, 4) is 0 Å². The molecule has 1 unspecified atom stereocenters. The molecule has 2 rings (SSSR count). The number of hydrogen-bond donors (Lipinski definition) is 1. The molecule has 184 valence electrons. The highest BCUT2D eigenvalue weighted by Crippen LogP contribution is 2.25. The molecule has 0 bridgehead atoms. The van der Waals surface area contributed by atoms with Crippen LogP contribution in [0.2, 0.25) is 10.0 Å². The molecule has 2 aromatic rings. The number of nitro groups is 1. The summed E-state index contributed by atoms with van der Waals surface area (Å²) < 4.78 is 0. The van der Waals surface area contributed by atoms with Crippen molar-refractivity contribution in [1.29, 1.82) is 0 Å². The molecule has 0 saturated heterocycles. The van der Waals surface area contributed by atoms with E-state index in [4.69, 9.17) is 23.2 Å². The normalized spacial score (nSPS) is 11.6. The van der Waals surface area contributed by atoms with Crippen molar-refractivity contribution >= 4 is 52.5 Å². The van der Waals surface area contributed by atoms with Gasteiger partial charge in [0, 0.05) is 31.0 Å². The fourth-order valence-corrected chi connectivity index (χ4v) is 4.50. The third-order valence-corrected chi connectivity index (χ3v) is 6.92. The highest BCUT2D eigenvalue weighted by molar-refractivity contribution is 7.99. The minimum atomic E-state index is -0.612. The number of non-ortho nitro benzene ring substituents is 1. The lowest BCUT2D eigenvalue weighted by Gasteiger charge is -2.30. The fourth-order valence-electron chi connectivity index (χ4n) is 3.31. The van der Waals surface area contributed by atoms with Crippen LogP contribution in [0, 0.1) is 10.1 Å². The molecule has 1 atom stereocenters. The van der Waals surface area contributed by atoms with Crippen LogP contribution in [-0.2, 0) is 21.9 Å². The minimum Gasteiger partial charge on any atom is -0.354 e. The second-order valence-corrected chi connectivity index (χ2v) is 9.56. The number of carbonyl (C=O) groups excluding carboxylic acids is 2. The zero-order valence-corrected chi connectivity index (χ0v) is 21.6. The van der Waals surface area contributed by atoms with Crippen LogP contribution >= 0.6 is 35.0 Å². The van der Waals surface area contributed by atoms with Crippen molar-refractivity contribution in [2.24, 2.45) is 0 Å². The Kier molecular flexibility index (Phi) is 11.7. The predicted molar refractivity (Wildman–Crippen MR) is 138 cm³/mol. The second-order valence-electron chi connectivity index (χ2n) is 7.76. The molecule has 0 saturated carbocycles. The Bertz CT molecular complexity index is 989. The van der Waals surface area contributed by atoms with E-state index in [9.17, 15) is 19.7 Å². The number of nitrogens with zero attached hydrogens (tertiary/aromatic N) is 2. The number of hydrogen-bond acceptors (Lipinski definition) is 5. The second kappa shape index (κ2) is 14.2. The molecule has 2 aromatic carbocycles. The Labute approximate surface area is 214 Å². The summed E-state index contributed by atoms with van der Waals surface area (Å²) in [6.45, 7) is 4.72. The summed E-state index contributed by atoms with van der Waals surface area (Å²) in [5.41, 5.74) is 1.68. The van der Waals surface area contributed by atoms with Crippen LogP contribution in [-0.4, -0.2) is 40.0 Å². The third-order valence-electron chi connectivity index (χ3n) is 5.19. The van der Waals surface area contributed by atoms with Gasteiger partial charge in [-0.25, -0.2) is 0 Å². The molecule has 10 heteroatoms. The lowest BCUT2D eigenvalue weighted by Crippen LogP contribution is -2.49. The average molecular weight is 526 g/mol. The van der Waals surface area contributed by atoms with Crippen molar-refractivity contribution in [3.63, 3.8) is 0 Å². The summed E-state index contributed by atoms with van der Waals surface area (Å²) in [5, 5.41) is 14.6. The van der Waals surface area contributed by atoms with Gasteiger partial charge in [-0.1, -0.05) is 61.7 Å². The summed E-state index contributed by atoms with van der Waals surface area (Å²) in [7, 11) is 0. The first-order chi connectivity index (χ1) is 16.3. The highest BCUT2D eigenvalue weighted by Gasteiger charge is 2.28. The molecule has 34 heavy (non-hydrogen) atoms. The molecule has 0 radical (unpaired) electrons. The number of carbonyl (C=O) groups is 2. The van der Waals surface area contributed by atoms with E-state index in [0.29, 0.717) is 28.8 Å². The fraction of sp³-hybridized carbons (Fsp3) is 0.417. The van der Waals surface area contributed by atoms with Crippen LogP contribution < -0.4 is 5.32 Å². The van der Waals surface area contributed by atoms with Gasteiger partial charge in [-0.3, -0.25) is 19.7 Å². The first-order valence-electron chi connectivity index (χ1n) is 11.1. The lowest BCUT2D eigenvalue weighted by atomic mass is 10.1. The number of halogens is 2. The summed E-state index contributed by atoms with van der Waals surface area (Å²) in [6, 6.07) is 10.8. The minimum absolute atomic E-state index is 0.0255. The smallest absolute Gasteiger partial charge is 0.269 e. The van der Waals surface area contributed by atoms with Crippen LogP contribution in [0.25, 0.3) is 0 Å². The molecule has 2 amide bonds. The first-order valence-corrected chi connectivity index (χ1v) is 13.0. The van der Waals surface area contributed by atoms with Crippen molar-refractivity contribution in [2.75, 3.05) is 12.3 Å². The summed E-state index contributed by atoms with van der Waals surface area (Å²) in [6.07, 6.45) is 2.30. The van der Waals surface area contributed by atoms with Crippen LogP contribution in [0.4, 0.5) is 5.69 Å². The zero-order valence-electron chi connectivity index (χ0n) is 19.3. The Balaban J connectivity index is 2.12. The van der Waals surface area contributed by atoms with Crippen LogP contribution in [0.5, 0.6) is 0 Å². The first kappa shape index (κ1) is 28.0. The van der Waals surface area contributed by atoms with Gasteiger partial charge >= 0.3 is 0 Å². The quantitative estimate of drug-likeness (QED) is 0.201. The Morgan fingerprint density at radius 2 is 1.76 bits per heavy atom. The maximum absolute atomic E-state index is 13.2. The van der Waals surface area contributed by atoms with Gasteiger partial charge in [-0.15, -0.1) is 11.8 Å². The molecule has 0 fully saturated rings. The van der Waals surface area contributed by atoms with Crippen LogP contribution in [0.1, 0.15) is 44.2 Å². The van der Waals surface area contributed by atoms with Crippen molar-refractivity contribution < 1.29 is 14.5 Å². The maximum Gasteiger partial charge on any atom is 0.269 e. The number of thioether (sulfide) groups is 1.